The summed E-state index contributed by atoms with van der Waals surface area (Å²) in [6.07, 6.45) is 3.52. The summed E-state index contributed by atoms with van der Waals surface area (Å²) in [4.78, 5) is 25.2. The molecule has 1 aromatic carbocycles. The molecule has 114 valence electrons. The third-order valence-corrected chi connectivity index (χ3v) is 4.25. The minimum absolute atomic E-state index is 0.0856. The Morgan fingerprint density at radius 2 is 1.77 bits per heavy atom. The average molecular weight is 361 g/mol. The second-order valence-electron chi connectivity index (χ2n) is 5.30. The van der Waals surface area contributed by atoms with Gasteiger partial charge >= 0.3 is 0 Å². The number of amides is 1. The fourth-order valence-corrected chi connectivity index (χ4v) is 2.78. The van der Waals surface area contributed by atoms with Crippen LogP contribution in [0.2, 0.25) is 0 Å². The van der Waals surface area contributed by atoms with Gasteiger partial charge in [0.1, 0.15) is 5.82 Å². The highest BCUT2D eigenvalue weighted by Crippen LogP contribution is 2.16. The smallest absolute Gasteiger partial charge is 0.253 e. The number of benzene rings is 1. The van der Waals surface area contributed by atoms with Crippen molar-refractivity contribution < 1.29 is 4.79 Å². The molecular weight excluding hydrogens is 344 g/mol. The first-order chi connectivity index (χ1) is 10.6. The van der Waals surface area contributed by atoms with Gasteiger partial charge in [0.15, 0.2) is 0 Å². The van der Waals surface area contributed by atoms with Crippen LogP contribution in [0.25, 0.3) is 0 Å². The van der Waals surface area contributed by atoms with E-state index < -0.39 is 0 Å². The summed E-state index contributed by atoms with van der Waals surface area (Å²) in [6, 6.07) is 7.49. The van der Waals surface area contributed by atoms with Gasteiger partial charge in [-0.05, 0) is 31.2 Å². The third kappa shape index (κ3) is 3.27. The van der Waals surface area contributed by atoms with E-state index in [0.29, 0.717) is 13.1 Å². The Labute approximate surface area is 138 Å². The number of nitrogens with zero attached hydrogens (tertiary/aromatic N) is 4. The molecule has 0 unspecified atom stereocenters. The second kappa shape index (κ2) is 6.44. The van der Waals surface area contributed by atoms with Crippen LogP contribution in [-0.2, 0) is 0 Å². The van der Waals surface area contributed by atoms with E-state index in [-0.39, 0.29) is 5.91 Å². The van der Waals surface area contributed by atoms with Gasteiger partial charge in [0.05, 0.1) is 11.9 Å². The van der Waals surface area contributed by atoms with Gasteiger partial charge in [0, 0.05) is 42.4 Å². The van der Waals surface area contributed by atoms with E-state index in [9.17, 15) is 4.79 Å². The van der Waals surface area contributed by atoms with Crippen molar-refractivity contribution in [2.24, 2.45) is 0 Å². The van der Waals surface area contributed by atoms with Crippen LogP contribution in [0.1, 0.15) is 16.1 Å². The molecule has 5 nitrogen and oxygen atoms in total. The largest absolute Gasteiger partial charge is 0.352 e. The van der Waals surface area contributed by atoms with Crippen molar-refractivity contribution in [2.75, 3.05) is 31.1 Å². The number of carbonyl (C=O) groups is 1. The van der Waals surface area contributed by atoms with Gasteiger partial charge < -0.3 is 9.80 Å². The number of aryl methyl sites for hydroxylation is 1. The van der Waals surface area contributed by atoms with E-state index in [1.165, 1.54) is 0 Å². The summed E-state index contributed by atoms with van der Waals surface area (Å²) in [5, 5.41) is 0. The molecule has 2 heterocycles. The number of piperazine rings is 1. The molecule has 6 heteroatoms. The second-order valence-corrected chi connectivity index (χ2v) is 6.22. The van der Waals surface area contributed by atoms with Crippen molar-refractivity contribution in [3.05, 3.63) is 52.4 Å². The SMILES string of the molecule is Cc1cncc(N2CCN(C(=O)c3ccc(Br)cc3)CC2)n1. The van der Waals surface area contributed by atoms with E-state index in [1.54, 1.807) is 12.4 Å². The summed E-state index contributed by atoms with van der Waals surface area (Å²) in [5.74, 6) is 0.971. The molecule has 1 amide bonds. The van der Waals surface area contributed by atoms with Crippen LogP contribution < -0.4 is 4.90 Å². The first-order valence-electron chi connectivity index (χ1n) is 7.22. The predicted molar refractivity (Wildman–Crippen MR) is 89.0 cm³/mol. The van der Waals surface area contributed by atoms with Gasteiger partial charge in [-0.2, -0.15) is 0 Å². The molecular formula is C16H17BrN4O. The van der Waals surface area contributed by atoms with Gasteiger partial charge in [0.25, 0.3) is 5.91 Å². The fourth-order valence-electron chi connectivity index (χ4n) is 2.52. The number of hydrogen-bond donors (Lipinski definition) is 0. The van der Waals surface area contributed by atoms with Gasteiger partial charge in [-0.1, -0.05) is 15.9 Å². The van der Waals surface area contributed by atoms with Crippen LogP contribution in [0, 0.1) is 6.92 Å². The van der Waals surface area contributed by atoms with Gasteiger partial charge in [-0.15, -0.1) is 0 Å². The number of carbonyl (C=O) groups excluding carboxylic acids is 1. The lowest BCUT2D eigenvalue weighted by atomic mass is 10.2. The van der Waals surface area contributed by atoms with Crippen molar-refractivity contribution in [3.8, 4) is 0 Å². The van der Waals surface area contributed by atoms with E-state index in [0.717, 1.165) is 34.6 Å². The Morgan fingerprint density at radius 1 is 1.09 bits per heavy atom. The first-order valence-corrected chi connectivity index (χ1v) is 8.01. The Bertz CT molecular complexity index is 666. The number of rotatable bonds is 2. The fraction of sp³-hybridized carbons (Fsp3) is 0.312. The lowest BCUT2D eigenvalue weighted by Crippen LogP contribution is -2.49. The molecule has 0 radical (unpaired) electrons. The lowest BCUT2D eigenvalue weighted by Gasteiger charge is -2.35. The van der Waals surface area contributed by atoms with Crippen molar-refractivity contribution >= 4 is 27.7 Å². The quantitative estimate of drug-likeness (QED) is 0.825. The van der Waals surface area contributed by atoms with E-state index in [2.05, 4.69) is 30.8 Å². The highest BCUT2D eigenvalue weighted by Gasteiger charge is 2.22. The van der Waals surface area contributed by atoms with Crippen molar-refractivity contribution in [1.29, 1.82) is 0 Å². The van der Waals surface area contributed by atoms with Crippen LogP contribution in [0.5, 0.6) is 0 Å². The molecule has 1 fully saturated rings. The molecule has 0 spiro atoms. The topological polar surface area (TPSA) is 49.3 Å². The molecule has 0 N–H and O–H groups in total. The number of hydrogen-bond acceptors (Lipinski definition) is 4. The summed E-state index contributed by atoms with van der Waals surface area (Å²) >= 11 is 3.39. The molecule has 0 saturated carbocycles. The maximum atomic E-state index is 12.5. The Morgan fingerprint density at radius 3 is 2.41 bits per heavy atom. The molecule has 1 aromatic heterocycles. The van der Waals surface area contributed by atoms with E-state index in [4.69, 9.17) is 0 Å². The van der Waals surface area contributed by atoms with Crippen LogP contribution in [0.15, 0.2) is 41.1 Å². The van der Waals surface area contributed by atoms with Crippen LogP contribution in [-0.4, -0.2) is 47.0 Å². The standard InChI is InChI=1S/C16H17BrN4O/c1-12-10-18-11-15(19-12)20-6-8-21(9-7-20)16(22)13-2-4-14(17)5-3-13/h2-5,10-11H,6-9H2,1H3. The van der Waals surface area contributed by atoms with E-state index >= 15 is 0 Å². The predicted octanol–water partition coefficient (Wildman–Crippen LogP) is 2.51. The normalized spacial score (nSPS) is 15.0. The van der Waals surface area contributed by atoms with Crippen LogP contribution >= 0.6 is 15.9 Å². The molecule has 22 heavy (non-hydrogen) atoms. The van der Waals surface area contributed by atoms with E-state index in [1.807, 2.05) is 36.1 Å². The zero-order valence-corrected chi connectivity index (χ0v) is 14.0. The average Bonchev–Trinajstić information content (AvgIpc) is 2.55. The summed E-state index contributed by atoms with van der Waals surface area (Å²) in [5.41, 5.74) is 1.64. The Balaban J connectivity index is 1.64. The van der Waals surface area contributed by atoms with Crippen LogP contribution in [0.3, 0.4) is 0 Å². The molecule has 0 bridgehead atoms. The van der Waals surface area contributed by atoms with Crippen molar-refractivity contribution in [2.45, 2.75) is 6.92 Å². The monoisotopic (exact) mass is 360 g/mol. The Hall–Kier alpha value is -1.95. The number of aromatic nitrogens is 2. The van der Waals surface area contributed by atoms with Crippen LogP contribution in [0.4, 0.5) is 5.82 Å². The lowest BCUT2D eigenvalue weighted by molar-refractivity contribution is 0.0746. The molecule has 2 aromatic rings. The molecule has 0 aliphatic carbocycles. The maximum Gasteiger partial charge on any atom is 0.253 e. The highest BCUT2D eigenvalue weighted by atomic mass is 79.9. The summed E-state index contributed by atoms with van der Waals surface area (Å²) in [7, 11) is 0. The molecule has 1 saturated heterocycles. The molecule has 1 aliphatic rings. The van der Waals surface area contributed by atoms with Crippen molar-refractivity contribution in [3.63, 3.8) is 0 Å². The van der Waals surface area contributed by atoms with Gasteiger partial charge in [0.2, 0.25) is 0 Å². The number of anilines is 1. The summed E-state index contributed by atoms with van der Waals surface area (Å²) < 4.78 is 0.979. The first kappa shape index (κ1) is 15.0. The van der Waals surface area contributed by atoms with Gasteiger partial charge in [-0.25, -0.2) is 4.98 Å². The maximum absolute atomic E-state index is 12.5. The van der Waals surface area contributed by atoms with Crippen molar-refractivity contribution in [1.82, 2.24) is 14.9 Å². The zero-order chi connectivity index (χ0) is 15.5. The third-order valence-electron chi connectivity index (χ3n) is 3.72. The zero-order valence-electron chi connectivity index (χ0n) is 12.4. The van der Waals surface area contributed by atoms with Gasteiger partial charge in [-0.3, -0.25) is 9.78 Å². The molecule has 0 atom stereocenters. The minimum Gasteiger partial charge on any atom is -0.352 e. The molecule has 1 aliphatic heterocycles. The summed E-state index contributed by atoms with van der Waals surface area (Å²) in [6.45, 7) is 4.89. The minimum atomic E-state index is 0.0856. The highest BCUT2D eigenvalue weighted by molar-refractivity contribution is 9.10. The Kier molecular flexibility index (Phi) is 4.38. The molecule has 3 rings (SSSR count). The number of halogens is 1.